The summed E-state index contributed by atoms with van der Waals surface area (Å²) in [5.41, 5.74) is 2.35. The van der Waals surface area contributed by atoms with Crippen LogP contribution >= 0.6 is 11.3 Å². The predicted octanol–water partition coefficient (Wildman–Crippen LogP) is 3.81. The molecule has 0 radical (unpaired) electrons. The molecule has 1 heterocycles. The van der Waals surface area contributed by atoms with Crippen LogP contribution in [-0.4, -0.2) is 18.3 Å². The van der Waals surface area contributed by atoms with Crippen molar-refractivity contribution in [2.75, 3.05) is 0 Å². The summed E-state index contributed by atoms with van der Waals surface area (Å²) in [7, 11) is -4.03. The Morgan fingerprint density at radius 3 is 2.48 bits per heavy atom. The monoisotopic (exact) mass is 403 g/mol. The van der Waals surface area contributed by atoms with Crippen molar-refractivity contribution in [3.05, 3.63) is 74.8 Å². The quantitative estimate of drug-likeness (QED) is 0.498. The molecule has 1 N–H and O–H groups in total. The number of hydrogen-bond acceptors (Lipinski definition) is 6. The molecule has 0 aliphatic carbocycles. The Bertz CT molecular complexity index is 1110. The zero-order chi connectivity index (χ0) is 19.6. The molecule has 0 aliphatic rings. The number of aromatic nitrogens is 1. The summed E-state index contributed by atoms with van der Waals surface area (Å²) in [5, 5.41) is 11.9. The first-order valence-corrected chi connectivity index (χ1v) is 10.3. The van der Waals surface area contributed by atoms with Gasteiger partial charge in [-0.1, -0.05) is 36.4 Å². The molecular formula is C18H17N3O4S2. The van der Waals surface area contributed by atoms with E-state index in [2.05, 4.69) is 9.71 Å². The van der Waals surface area contributed by atoms with Crippen LogP contribution < -0.4 is 4.72 Å². The van der Waals surface area contributed by atoms with Crippen LogP contribution in [0.2, 0.25) is 0 Å². The van der Waals surface area contributed by atoms with Crippen LogP contribution in [0.4, 0.5) is 5.69 Å². The lowest BCUT2D eigenvalue weighted by Crippen LogP contribution is -2.24. The number of nitrogens with one attached hydrogen (secondary N) is 1. The first kappa shape index (κ1) is 19.2. The average Bonchev–Trinajstić information content (AvgIpc) is 3.01. The highest BCUT2D eigenvalue weighted by Crippen LogP contribution is 2.30. The van der Waals surface area contributed by atoms with Gasteiger partial charge >= 0.3 is 0 Å². The second-order valence-corrected chi connectivity index (χ2v) is 8.71. The van der Waals surface area contributed by atoms with E-state index >= 15 is 0 Å². The van der Waals surface area contributed by atoms with Gasteiger partial charge in [0.1, 0.15) is 5.01 Å². The number of benzene rings is 2. The van der Waals surface area contributed by atoms with Crippen LogP contribution in [0.15, 0.2) is 53.4 Å². The minimum absolute atomic E-state index is 0.0176. The molecule has 9 heteroatoms. The van der Waals surface area contributed by atoms with Gasteiger partial charge < -0.3 is 0 Å². The van der Waals surface area contributed by atoms with Gasteiger partial charge in [0.25, 0.3) is 5.69 Å². The van der Waals surface area contributed by atoms with E-state index in [1.807, 2.05) is 38.1 Å². The van der Waals surface area contributed by atoms with Gasteiger partial charge in [-0.05, 0) is 25.5 Å². The van der Waals surface area contributed by atoms with Crippen LogP contribution in [-0.2, 0) is 16.6 Å². The van der Waals surface area contributed by atoms with Crippen molar-refractivity contribution in [3.8, 4) is 10.6 Å². The number of nitro benzene ring substituents is 1. The Morgan fingerprint density at radius 2 is 1.78 bits per heavy atom. The molecule has 0 unspecified atom stereocenters. The van der Waals surface area contributed by atoms with E-state index in [1.165, 1.54) is 35.6 Å². The van der Waals surface area contributed by atoms with Crippen molar-refractivity contribution in [1.29, 1.82) is 0 Å². The molecular weight excluding hydrogens is 386 g/mol. The molecule has 0 atom stereocenters. The maximum atomic E-state index is 12.5. The summed E-state index contributed by atoms with van der Waals surface area (Å²) >= 11 is 1.40. The lowest BCUT2D eigenvalue weighted by molar-refractivity contribution is -0.387. The number of sulfonamides is 1. The topological polar surface area (TPSA) is 102 Å². The number of rotatable bonds is 6. The molecule has 0 saturated carbocycles. The number of hydrogen-bond donors (Lipinski definition) is 1. The summed E-state index contributed by atoms with van der Waals surface area (Å²) < 4.78 is 27.5. The Hall–Kier alpha value is -2.62. The van der Waals surface area contributed by atoms with Crippen molar-refractivity contribution in [2.24, 2.45) is 0 Å². The average molecular weight is 403 g/mol. The molecule has 27 heavy (non-hydrogen) atoms. The van der Waals surface area contributed by atoms with Gasteiger partial charge in [0.2, 0.25) is 10.0 Å². The first-order valence-electron chi connectivity index (χ1n) is 8.05. The minimum Gasteiger partial charge on any atom is -0.258 e. The fourth-order valence-electron chi connectivity index (χ4n) is 2.59. The van der Waals surface area contributed by atoms with E-state index in [4.69, 9.17) is 0 Å². The third-order valence-corrected chi connectivity index (χ3v) is 6.68. The van der Waals surface area contributed by atoms with Crippen LogP contribution in [0, 0.1) is 24.0 Å². The Morgan fingerprint density at radius 1 is 1.11 bits per heavy atom. The van der Waals surface area contributed by atoms with Crippen LogP contribution in [0.25, 0.3) is 10.6 Å². The molecule has 3 aromatic rings. The Labute approximate surface area is 160 Å². The van der Waals surface area contributed by atoms with Gasteiger partial charge in [-0.25, -0.2) is 18.1 Å². The maximum Gasteiger partial charge on any atom is 0.289 e. The second kappa shape index (κ2) is 7.55. The lowest BCUT2D eigenvalue weighted by atomic mass is 10.1. The fraction of sp³-hybridized carbons (Fsp3) is 0.167. The molecule has 2 aromatic carbocycles. The minimum atomic E-state index is -4.03. The molecule has 3 rings (SSSR count). The Kier molecular flexibility index (Phi) is 5.36. The van der Waals surface area contributed by atoms with E-state index in [0.29, 0.717) is 0 Å². The molecule has 0 amide bonds. The first-order chi connectivity index (χ1) is 12.8. The van der Waals surface area contributed by atoms with Crippen molar-refractivity contribution in [3.63, 3.8) is 0 Å². The number of nitrogens with zero attached hydrogens (tertiary/aromatic N) is 2. The second-order valence-electron chi connectivity index (χ2n) is 5.89. The summed E-state index contributed by atoms with van der Waals surface area (Å²) in [6, 6.07) is 13.1. The molecule has 0 saturated heterocycles. The van der Waals surface area contributed by atoms with Gasteiger partial charge in [0, 0.05) is 23.1 Å². The molecule has 7 nitrogen and oxygen atoms in total. The summed E-state index contributed by atoms with van der Waals surface area (Å²) in [5.74, 6) is 0. The third kappa shape index (κ3) is 4.05. The van der Waals surface area contributed by atoms with E-state index in [1.54, 1.807) is 0 Å². The SMILES string of the molecule is Cc1ccccc1-c1nc(C)c(CNS(=O)(=O)c2ccccc2[N+](=O)[O-])s1. The Balaban J connectivity index is 1.85. The summed E-state index contributed by atoms with van der Waals surface area (Å²) in [6.07, 6.45) is 0. The largest absolute Gasteiger partial charge is 0.289 e. The van der Waals surface area contributed by atoms with E-state index < -0.39 is 20.6 Å². The zero-order valence-electron chi connectivity index (χ0n) is 14.7. The van der Waals surface area contributed by atoms with Crippen LogP contribution in [0.3, 0.4) is 0 Å². The number of para-hydroxylation sites is 1. The van der Waals surface area contributed by atoms with Gasteiger partial charge in [-0.2, -0.15) is 0 Å². The van der Waals surface area contributed by atoms with E-state index in [0.717, 1.165) is 26.7 Å². The van der Waals surface area contributed by atoms with Crippen molar-refractivity contribution in [1.82, 2.24) is 9.71 Å². The number of thiazole rings is 1. The number of aryl methyl sites for hydroxylation is 2. The summed E-state index contributed by atoms with van der Waals surface area (Å²) in [6.45, 7) is 3.82. The van der Waals surface area contributed by atoms with Crippen molar-refractivity contribution < 1.29 is 13.3 Å². The maximum absolute atomic E-state index is 12.5. The fourth-order valence-corrected chi connectivity index (χ4v) is 4.94. The van der Waals surface area contributed by atoms with Gasteiger partial charge in [-0.3, -0.25) is 10.1 Å². The highest BCUT2D eigenvalue weighted by Gasteiger charge is 2.25. The van der Waals surface area contributed by atoms with Gasteiger partial charge in [0.05, 0.1) is 10.6 Å². The third-order valence-electron chi connectivity index (χ3n) is 4.04. The highest BCUT2D eigenvalue weighted by molar-refractivity contribution is 7.89. The highest BCUT2D eigenvalue weighted by atomic mass is 32.2. The molecule has 0 spiro atoms. The van der Waals surface area contributed by atoms with Crippen LogP contribution in [0.5, 0.6) is 0 Å². The molecule has 140 valence electrons. The number of nitro groups is 1. The molecule has 1 aromatic heterocycles. The normalized spacial score (nSPS) is 11.5. The predicted molar refractivity (Wildman–Crippen MR) is 104 cm³/mol. The standard InChI is InChI=1S/C18H17N3O4S2/c1-12-7-3-4-8-14(12)18-20-13(2)16(26-18)11-19-27(24,25)17-10-6-5-9-15(17)21(22)23/h3-10,19H,11H2,1-2H3. The van der Waals surface area contributed by atoms with Gasteiger partial charge in [0.15, 0.2) is 4.90 Å². The van der Waals surface area contributed by atoms with Crippen molar-refractivity contribution in [2.45, 2.75) is 25.3 Å². The van der Waals surface area contributed by atoms with Crippen molar-refractivity contribution >= 4 is 27.0 Å². The molecule has 0 aliphatic heterocycles. The smallest absolute Gasteiger partial charge is 0.258 e. The van der Waals surface area contributed by atoms with E-state index in [-0.39, 0.29) is 11.4 Å². The van der Waals surface area contributed by atoms with Crippen LogP contribution in [0.1, 0.15) is 16.1 Å². The zero-order valence-corrected chi connectivity index (χ0v) is 16.3. The molecule has 0 bridgehead atoms. The van der Waals surface area contributed by atoms with Gasteiger partial charge in [-0.15, -0.1) is 11.3 Å². The summed E-state index contributed by atoms with van der Waals surface area (Å²) in [4.78, 5) is 15.3. The molecule has 0 fully saturated rings. The lowest BCUT2D eigenvalue weighted by Gasteiger charge is -2.06. The van der Waals surface area contributed by atoms with E-state index in [9.17, 15) is 18.5 Å².